The van der Waals surface area contributed by atoms with Crippen LogP contribution in [-0.2, 0) is 22.8 Å². The van der Waals surface area contributed by atoms with Gasteiger partial charge in [0, 0.05) is 5.56 Å². The van der Waals surface area contributed by atoms with Crippen molar-refractivity contribution in [3.63, 3.8) is 0 Å². The molecule has 2 amide bonds. The van der Waals surface area contributed by atoms with Crippen molar-refractivity contribution in [2.75, 3.05) is 6.54 Å². The zero-order chi connectivity index (χ0) is 18.9. The van der Waals surface area contributed by atoms with Crippen LogP contribution in [0, 0.1) is 5.41 Å². The van der Waals surface area contributed by atoms with Crippen molar-refractivity contribution in [1.82, 2.24) is 10.4 Å². The first-order valence-electron chi connectivity index (χ1n) is 7.81. The van der Waals surface area contributed by atoms with E-state index in [1.807, 2.05) is 30.3 Å². The number of amides is 2. The lowest BCUT2D eigenvalue weighted by Gasteiger charge is -2.23. The Bertz CT molecular complexity index is 763. The highest BCUT2D eigenvalue weighted by Gasteiger charge is 2.15. The molecular weight excluding hydrogens is 336 g/mol. The van der Waals surface area contributed by atoms with E-state index in [-0.39, 0.29) is 19.0 Å². The summed E-state index contributed by atoms with van der Waals surface area (Å²) in [6.07, 6.45) is 0. The van der Waals surface area contributed by atoms with Crippen LogP contribution >= 0.6 is 0 Å². The molecule has 0 saturated carbocycles. The van der Waals surface area contributed by atoms with Crippen LogP contribution in [0.2, 0.25) is 0 Å². The Morgan fingerprint density at radius 3 is 2.31 bits per heavy atom. The van der Waals surface area contributed by atoms with Crippen molar-refractivity contribution in [2.45, 2.75) is 13.2 Å². The second-order valence-electron chi connectivity index (χ2n) is 5.44. The average molecular weight is 355 g/mol. The summed E-state index contributed by atoms with van der Waals surface area (Å²) >= 11 is 0. The molecule has 2 rings (SSSR count). The predicted molar refractivity (Wildman–Crippen MR) is 92.6 cm³/mol. The van der Waals surface area contributed by atoms with Gasteiger partial charge in [0.1, 0.15) is 12.4 Å². The van der Waals surface area contributed by atoms with Crippen LogP contribution in [0.5, 0.6) is 0 Å². The van der Waals surface area contributed by atoms with Crippen molar-refractivity contribution >= 4 is 17.8 Å². The summed E-state index contributed by atoms with van der Waals surface area (Å²) in [6.45, 7) is -0.387. The van der Waals surface area contributed by atoms with E-state index in [1.165, 1.54) is 0 Å². The number of carboxylic acid groups (broad SMARTS) is 1. The second-order valence-corrected chi connectivity index (χ2v) is 5.44. The van der Waals surface area contributed by atoms with Gasteiger partial charge in [-0.3, -0.25) is 10.2 Å². The van der Waals surface area contributed by atoms with E-state index in [9.17, 15) is 14.7 Å². The number of carbonyl (C=O) groups excluding carboxylic acids is 2. The third-order valence-electron chi connectivity index (χ3n) is 3.43. The standard InChI is InChI=1S/C18H20N4O4/c19-17(20)15-8-6-13(7-9-15)11-22(18(25)21-10-16(23)24)26-12-14-4-2-1-3-5-14/h1-9H,10-12H2,(H3,19,20)(H,21,25)(H,23,24)/p-1. The number of nitrogens with zero attached hydrogens (tertiary/aromatic N) is 1. The molecule has 0 spiro atoms. The van der Waals surface area contributed by atoms with Crippen LogP contribution < -0.4 is 16.2 Å². The maximum absolute atomic E-state index is 12.2. The van der Waals surface area contributed by atoms with Gasteiger partial charge < -0.3 is 21.0 Å². The van der Waals surface area contributed by atoms with E-state index < -0.39 is 18.5 Å². The lowest BCUT2D eigenvalue weighted by Crippen LogP contribution is -2.44. The van der Waals surface area contributed by atoms with Gasteiger partial charge in [0.15, 0.2) is 0 Å². The van der Waals surface area contributed by atoms with Gasteiger partial charge >= 0.3 is 6.03 Å². The van der Waals surface area contributed by atoms with E-state index in [0.717, 1.165) is 16.2 Å². The normalized spacial score (nSPS) is 10.2. The van der Waals surface area contributed by atoms with Gasteiger partial charge in [-0.2, -0.15) is 5.06 Å². The van der Waals surface area contributed by atoms with Crippen LogP contribution in [0.4, 0.5) is 4.79 Å². The van der Waals surface area contributed by atoms with Gasteiger partial charge in [-0.25, -0.2) is 4.79 Å². The van der Waals surface area contributed by atoms with E-state index in [2.05, 4.69) is 5.32 Å². The highest BCUT2D eigenvalue weighted by molar-refractivity contribution is 5.94. The summed E-state index contributed by atoms with van der Waals surface area (Å²) < 4.78 is 0. The monoisotopic (exact) mass is 355 g/mol. The van der Waals surface area contributed by atoms with E-state index in [1.54, 1.807) is 24.3 Å². The number of nitrogen functional groups attached to an aromatic ring is 1. The summed E-state index contributed by atoms with van der Waals surface area (Å²) in [5.74, 6) is -1.45. The molecule has 4 N–H and O–H groups in total. The third kappa shape index (κ3) is 5.91. The van der Waals surface area contributed by atoms with Crippen molar-refractivity contribution in [3.05, 3.63) is 71.3 Å². The van der Waals surface area contributed by atoms with Crippen molar-refractivity contribution < 1.29 is 19.5 Å². The lowest BCUT2D eigenvalue weighted by molar-refractivity contribution is -0.303. The summed E-state index contributed by atoms with van der Waals surface area (Å²) in [6, 6.07) is 15.3. The fourth-order valence-corrected chi connectivity index (χ4v) is 2.09. The highest BCUT2D eigenvalue weighted by Crippen LogP contribution is 2.10. The molecule has 8 nitrogen and oxygen atoms in total. The number of carboxylic acids is 1. The molecule has 0 unspecified atom stereocenters. The predicted octanol–water partition coefficient (Wildman–Crippen LogP) is 0.364. The quantitative estimate of drug-likeness (QED) is 0.357. The molecular formula is C18H19N4O4-. The molecule has 2 aromatic carbocycles. The molecule has 0 bridgehead atoms. The molecule has 26 heavy (non-hydrogen) atoms. The van der Waals surface area contributed by atoms with Crippen LogP contribution in [0.1, 0.15) is 16.7 Å². The van der Waals surface area contributed by atoms with Gasteiger partial charge in [0.25, 0.3) is 0 Å². The number of aliphatic carboxylic acids is 1. The number of rotatable bonds is 8. The molecule has 0 radical (unpaired) electrons. The first kappa shape index (κ1) is 18.9. The SMILES string of the molecule is N=C(N)c1ccc(CN(OCc2ccccc2)C(=O)NCC(=O)[O-])cc1. The van der Waals surface area contributed by atoms with Crippen LogP contribution in [-0.4, -0.2) is 29.4 Å². The molecule has 0 atom stereocenters. The van der Waals surface area contributed by atoms with Gasteiger partial charge in [-0.1, -0.05) is 54.6 Å². The minimum Gasteiger partial charge on any atom is -0.548 e. The number of amidine groups is 1. The molecule has 0 aromatic heterocycles. The third-order valence-corrected chi connectivity index (χ3v) is 3.43. The first-order chi connectivity index (χ1) is 12.5. The average Bonchev–Trinajstić information content (AvgIpc) is 2.64. The number of hydroxylamine groups is 2. The van der Waals surface area contributed by atoms with Gasteiger partial charge in [0.05, 0.1) is 19.1 Å². The topological polar surface area (TPSA) is 132 Å². The van der Waals surface area contributed by atoms with Crippen molar-refractivity contribution in [3.8, 4) is 0 Å². The number of nitrogens with two attached hydrogens (primary N) is 1. The summed E-state index contributed by atoms with van der Waals surface area (Å²) in [5.41, 5.74) is 7.56. The second kappa shape index (κ2) is 9.19. The number of hydrogen-bond acceptors (Lipinski definition) is 5. The number of benzene rings is 2. The van der Waals surface area contributed by atoms with Crippen LogP contribution in [0.15, 0.2) is 54.6 Å². The smallest absolute Gasteiger partial charge is 0.341 e. The van der Waals surface area contributed by atoms with E-state index >= 15 is 0 Å². The fraction of sp³-hybridized carbons (Fsp3) is 0.167. The Kier molecular flexibility index (Phi) is 6.69. The summed E-state index contributed by atoms with van der Waals surface area (Å²) in [7, 11) is 0. The molecule has 0 aliphatic rings. The van der Waals surface area contributed by atoms with Crippen molar-refractivity contribution in [1.29, 1.82) is 5.41 Å². The molecule has 2 aromatic rings. The maximum Gasteiger partial charge on any atom is 0.341 e. The van der Waals surface area contributed by atoms with Crippen molar-refractivity contribution in [2.24, 2.45) is 5.73 Å². The molecule has 136 valence electrons. The first-order valence-corrected chi connectivity index (χ1v) is 7.81. The van der Waals surface area contributed by atoms with Gasteiger partial charge in [-0.05, 0) is 11.1 Å². The van der Waals surface area contributed by atoms with Crippen LogP contribution in [0.25, 0.3) is 0 Å². The van der Waals surface area contributed by atoms with E-state index in [0.29, 0.717) is 5.56 Å². The Morgan fingerprint density at radius 2 is 1.73 bits per heavy atom. The van der Waals surface area contributed by atoms with Gasteiger partial charge in [-0.15, -0.1) is 0 Å². The molecule has 0 heterocycles. The van der Waals surface area contributed by atoms with Crippen LogP contribution in [0.3, 0.4) is 0 Å². The molecule has 8 heteroatoms. The Hall–Kier alpha value is -3.39. The highest BCUT2D eigenvalue weighted by atomic mass is 16.7. The lowest BCUT2D eigenvalue weighted by atomic mass is 10.1. The molecule has 0 aliphatic carbocycles. The zero-order valence-corrected chi connectivity index (χ0v) is 14.0. The summed E-state index contributed by atoms with van der Waals surface area (Å²) in [5, 5.41) is 21.2. The largest absolute Gasteiger partial charge is 0.548 e. The number of carbonyl (C=O) groups is 2. The Morgan fingerprint density at radius 1 is 1.08 bits per heavy atom. The number of hydrogen-bond donors (Lipinski definition) is 3. The Labute approximate surface area is 150 Å². The number of nitrogens with one attached hydrogen (secondary N) is 2. The minimum absolute atomic E-state index is 0.0552. The maximum atomic E-state index is 12.2. The summed E-state index contributed by atoms with van der Waals surface area (Å²) in [4.78, 5) is 28.3. The zero-order valence-electron chi connectivity index (χ0n) is 14.0. The molecule has 0 aliphatic heterocycles. The molecule has 0 saturated heterocycles. The minimum atomic E-state index is -1.40. The molecule has 0 fully saturated rings. The van der Waals surface area contributed by atoms with Gasteiger partial charge in [0.2, 0.25) is 0 Å². The fourth-order valence-electron chi connectivity index (χ4n) is 2.09. The number of urea groups is 1. The Balaban J connectivity index is 2.06. The van der Waals surface area contributed by atoms with E-state index in [4.69, 9.17) is 16.0 Å².